The van der Waals surface area contributed by atoms with Crippen LogP contribution in [0.1, 0.15) is 23.2 Å². The lowest BCUT2D eigenvalue weighted by Gasteiger charge is -2.36. The van der Waals surface area contributed by atoms with E-state index < -0.39 is 0 Å². The van der Waals surface area contributed by atoms with Crippen molar-refractivity contribution >= 4 is 34.7 Å². The van der Waals surface area contributed by atoms with E-state index in [0.29, 0.717) is 6.61 Å². The molecule has 1 aromatic heterocycles. The van der Waals surface area contributed by atoms with E-state index in [2.05, 4.69) is 33.1 Å². The third kappa shape index (κ3) is 6.21. The molecule has 2 heterocycles. The van der Waals surface area contributed by atoms with Gasteiger partial charge in [0.15, 0.2) is 0 Å². The molecule has 1 fully saturated rings. The first kappa shape index (κ1) is 23.0. The zero-order valence-corrected chi connectivity index (χ0v) is 20.0. The van der Waals surface area contributed by atoms with Gasteiger partial charge in [0.05, 0.1) is 22.1 Å². The van der Waals surface area contributed by atoms with Crippen LogP contribution in [0.25, 0.3) is 6.08 Å². The summed E-state index contributed by atoms with van der Waals surface area (Å²) in [5.41, 5.74) is 3.66. The number of rotatable bonds is 8. The predicted molar refractivity (Wildman–Crippen MR) is 136 cm³/mol. The highest BCUT2D eigenvalue weighted by molar-refractivity contribution is 7.09. The van der Waals surface area contributed by atoms with Gasteiger partial charge in [-0.05, 0) is 37.7 Å². The number of aryl methyl sites for hydroxylation is 1. The van der Waals surface area contributed by atoms with Gasteiger partial charge in [-0.2, -0.15) is 0 Å². The SMILES string of the molecule is CCN1CCN(c2ccccc2NC(=O)/C=C/c2ccccc2OCc2csc(C)n2)CC1. The van der Waals surface area contributed by atoms with Crippen LogP contribution in [-0.2, 0) is 11.4 Å². The Morgan fingerprint density at radius 3 is 2.64 bits per heavy atom. The van der Waals surface area contributed by atoms with Crippen molar-refractivity contribution in [3.63, 3.8) is 0 Å². The van der Waals surface area contributed by atoms with Crippen molar-refractivity contribution in [1.29, 1.82) is 0 Å². The van der Waals surface area contributed by atoms with Gasteiger partial charge in [0, 0.05) is 43.2 Å². The molecule has 0 aliphatic carbocycles. The molecule has 0 atom stereocenters. The van der Waals surface area contributed by atoms with E-state index >= 15 is 0 Å². The van der Waals surface area contributed by atoms with Crippen LogP contribution >= 0.6 is 11.3 Å². The summed E-state index contributed by atoms with van der Waals surface area (Å²) >= 11 is 1.61. The molecule has 1 N–H and O–H groups in total. The smallest absolute Gasteiger partial charge is 0.248 e. The lowest BCUT2D eigenvalue weighted by atomic mass is 10.2. The van der Waals surface area contributed by atoms with Crippen LogP contribution in [-0.4, -0.2) is 48.5 Å². The van der Waals surface area contributed by atoms with Gasteiger partial charge < -0.3 is 19.9 Å². The summed E-state index contributed by atoms with van der Waals surface area (Å²) in [5, 5.41) is 6.07. The minimum absolute atomic E-state index is 0.167. The number of benzene rings is 2. The first-order valence-corrected chi connectivity index (χ1v) is 12.2. The molecular formula is C26H30N4O2S. The molecule has 0 radical (unpaired) electrons. The Kier molecular flexibility index (Phi) is 7.75. The van der Waals surface area contributed by atoms with Gasteiger partial charge in [-0.25, -0.2) is 4.98 Å². The summed E-state index contributed by atoms with van der Waals surface area (Å²) in [6.07, 6.45) is 3.35. The highest BCUT2D eigenvalue weighted by Crippen LogP contribution is 2.27. The van der Waals surface area contributed by atoms with Crippen LogP contribution in [0.15, 0.2) is 60.0 Å². The van der Waals surface area contributed by atoms with Gasteiger partial charge in [-0.1, -0.05) is 37.3 Å². The van der Waals surface area contributed by atoms with Crippen LogP contribution in [0.3, 0.4) is 0 Å². The van der Waals surface area contributed by atoms with Crippen molar-refractivity contribution < 1.29 is 9.53 Å². The van der Waals surface area contributed by atoms with Gasteiger partial charge in [0.2, 0.25) is 5.91 Å². The number of aromatic nitrogens is 1. The summed E-state index contributed by atoms with van der Waals surface area (Å²) in [4.78, 5) is 22.0. The third-order valence-corrected chi connectivity index (χ3v) is 6.52. The van der Waals surface area contributed by atoms with Crippen molar-refractivity contribution in [3.05, 3.63) is 76.3 Å². The lowest BCUT2D eigenvalue weighted by molar-refractivity contribution is -0.111. The zero-order chi connectivity index (χ0) is 23.0. The average molecular weight is 463 g/mol. The van der Waals surface area contributed by atoms with Crippen LogP contribution in [0.2, 0.25) is 0 Å². The fourth-order valence-electron chi connectivity index (χ4n) is 3.88. The number of nitrogens with one attached hydrogen (secondary N) is 1. The first-order valence-electron chi connectivity index (χ1n) is 11.3. The standard InChI is InChI=1S/C26H30N4O2S/c1-3-29-14-16-30(17-15-29)24-10-6-5-9-23(24)28-26(31)13-12-21-8-4-7-11-25(21)32-18-22-19-33-20(2)27-22/h4-13,19H,3,14-18H2,1-2H3,(H,28,31)/b13-12+. The number of hydrogen-bond acceptors (Lipinski definition) is 6. The number of hydrogen-bond donors (Lipinski definition) is 1. The van der Waals surface area contributed by atoms with Crippen molar-refractivity contribution in [2.24, 2.45) is 0 Å². The average Bonchev–Trinajstić information content (AvgIpc) is 3.27. The molecule has 1 aliphatic rings. The molecule has 172 valence electrons. The molecule has 2 aromatic carbocycles. The first-order chi connectivity index (χ1) is 16.1. The molecule has 0 unspecified atom stereocenters. The molecule has 1 aliphatic heterocycles. The van der Waals surface area contributed by atoms with Crippen molar-refractivity contribution in [3.8, 4) is 5.75 Å². The van der Waals surface area contributed by atoms with Gasteiger partial charge >= 0.3 is 0 Å². The maximum absolute atomic E-state index is 12.7. The number of piperazine rings is 1. The topological polar surface area (TPSA) is 57.7 Å². The number of thiazole rings is 1. The summed E-state index contributed by atoms with van der Waals surface area (Å²) in [6, 6.07) is 15.7. The number of amides is 1. The number of likely N-dealkylation sites (N-methyl/N-ethyl adjacent to an activating group) is 1. The minimum atomic E-state index is -0.167. The Morgan fingerprint density at radius 2 is 1.88 bits per heavy atom. The molecule has 0 bridgehead atoms. The Labute approximate surface area is 199 Å². The predicted octanol–water partition coefficient (Wildman–Crippen LogP) is 4.82. The lowest BCUT2D eigenvalue weighted by Crippen LogP contribution is -2.46. The molecule has 1 amide bonds. The minimum Gasteiger partial charge on any atom is -0.487 e. The van der Waals surface area contributed by atoms with Crippen molar-refractivity contribution in [2.45, 2.75) is 20.5 Å². The molecule has 4 rings (SSSR count). The summed E-state index contributed by atoms with van der Waals surface area (Å²) in [5.74, 6) is 0.556. The number of carbonyl (C=O) groups excluding carboxylic acids is 1. The third-order valence-electron chi connectivity index (χ3n) is 5.70. The number of carbonyl (C=O) groups is 1. The zero-order valence-electron chi connectivity index (χ0n) is 19.2. The van der Waals surface area contributed by atoms with E-state index in [0.717, 1.165) is 66.1 Å². The molecule has 0 spiro atoms. The molecule has 7 heteroatoms. The molecule has 33 heavy (non-hydrogen) atoms. The van der Waals surface area contributed by atoms with E-state index in [9.17, 15) is 4.79 Å². The Morgan fingerprint density at radius 1 is 1.12 bits per heavy atom. The second kappa shape index (κ2) is 11.1. The fourth-order valence-corrected chi connectivity index (χ4v) is 4.47. The van der Waals surface area contributed by atoms with Crippen LogP contribution in [0.4, 0.5) is 11.4 Å². The highest BCUT2D eigenvalue weighted by atomic mass is 32.1. The van der Waals surface area contributed by atoms with Crippen LogP contribution < -0.4 is 15.0 Å². The second-order valence-electron chi connectivity index (χ2n) is 7.95. The largest absolute Gasteiger partial charge is 0.487 e. The Bertz CT molecular complexity index is 1100. The van der Waals surface area contributed by atoms with Gasteiger partial charge in [0.25, 0.3) is 0 Å². The molecule has 1 saturated heterocycles. The number of nitrogens with zero attached hydrogens (tertiary/aromatic N) is 3. The maximum Gasteiger partial charge on any atom is 0.248 e. The highest BCUT2D eigenvalue weighted by Gasteiger charge is 2.18. The Balaban J connectivity index is 1.40. The fraction of sp³-hybridized carbons (Fsp3) is 0.308. The summed E-state index contributed by atoms with van der Waals surface area (Å²) in [7, 11) is 0. The summed E-state index contributed by atoms with van der Waals surface area (Å²) in [6.45, 7) is 9.64. The van der Waals surface area contributed by atoms with Crippen LogP contribution in [0, 0.1) is 6.92 Å². The number of anilines is 2. The van der Waals surface area contributed by atoms with Gasteiger partial charge in [-0.15, -0.1) is 11.3 Å². The molecule has 3 aromatic rings. The van der Waals surface area contributed by atoms with Crippen LogP contribution in [0.5, 0.6) is 5.75 Å². The molecular weight excluding hydrogens is 432 g/mol. The monoisotopic (exact) mass is 462 g/mol. The van der Waals surface area contributed by atoms with E-state index in [1.165, 1.54) is 0 Å². The van der Waals surface area contributed by atoms with E-state index in [1.54, 1.807) is 23.5 Å². The number of ether oxygens (including phenoxy) is 1. The van der Waals surface area contributed by atoms with E-state index in [4.69, 9.17) is 4.74 Å². The van der Waals surface area contributed by atoms with E-state index in [1.807, 2.05) is 54.8 Å². The van der Waals surface area contributed by atoms with Crippen molar-refractivity contribution in [1.82, 2.24) is 9.88 Å². The normalized spacial score (nSPS) is 14.5. The van der Waals surface area contributed by atoms with Gasteiger partial charge in [0.1, 0.15) is 12.4 Å². The molecule has 0 saturated carbocycles. The quantitative estimate of drug-likeness (QED) is 0.486. The number of para-hydroxylation sites is 3. The van der Waals surface area contributed by atoms with Gasteiger partial charge in [-0.3, -0.25) is 4.79 Å². The van der Waals surface area contributed by atoms with Crippen molar-refractivity contribution in [2.75, 3.05) is 42.9 Å². The molecule has 6 nitrogen and oxygen atoms in total. The Hall–Kier alpha value is -3.16. The summed E-state index contributed by atoms with van der Waals surface area (Å²) < 4.78 is 5.95. The van der Waals surface area contributed by atoms with E-state index in [-0.39, 0.29) is 5.91 Å². The maximum atomic E-state index is 12.7. The second-order valence-corrected chi connectivity index (χ2v) is 9.01.